The van der Waals surface area contributed by atoms with Gasteiger partial charge in [0.05, 0.1) is 61.5 Å². The van der Waals surface area contributed by atoms with Crippen molar-refractivity contribution in [2.24, 2.45) is 0 Å². The summed E-state index contributed by atoms with van der Waals surface area (Å²) in [6.07, 6.45) is 9.19. The van der Waals surface area contributed by atoms with E-state index in [0.29, 0.717) is 89.7 Å². The summed E-state index contributed by atoms with van der Waals surface area (Å²) in [6.45, 7) is 18.7. The summed E-state index contributed by atoms with van der Waals surface area (Å²) in [4.78, 5) is 62.2. The fourth-order valence-corrected chi connectivity index (χ4v) is 13.3. The monoisotopic (exact) mass is 1240 g/mol. The minimum Gasteiger partial charge on any atom is -0.870 e. The molecule has 0 bridgehead atoms. The van der Waals surface area contributed by atoms with E-state index in [4.69, 9.17) is 29.4 Å². The van der Waals surface area contributed by atoms with Crippen LogP contribution >= 0.6 is 27.0 Å². The Labute approximate surface area is 552 Å². The summed E-state index contributed by atoms with van der Waals surface area (Å²) in [5.41, 5.74) is 7.50. The van der Waals surface area contributed by atoms with E-state index in [1.807, 2.05) is 24.3 Å². The molecule has 6 aliphatic heterocycles. The van der Waals surface area contributed by atoms with Gasteiger partial charge < -0.3 is 59.3 Å². The minimum absolute atomic E-state index is 0. The first kappa shape index (κ1) is 68.6. The predicted octanol–water partition coefficient (Wildman–Crippen LogP) is 4.63. The number of phenols is 1. The van der Waals surface area contributed by atoms with E-state index < -0.39 is 0 Å². The van der Waals surface area contributed by atoms with E-state index in [1.165, 1.54) is 40.6 Å². The fraction of sp³-hybridized carbons (Fsp3) is 0.446. The summed E-state index contributed by atoms with van der Waals surface area (Å²) in [7, 11) is 4.26. The average molecular weight is 1240 g/mol. The van der Waals surface area contributed by atoms with Gasteiger partial charge in [-0.15, -0.1) is 0 Å². The average Bonchev–Trinajstić information content (AvgIpc) is 1.00. The fourth-order valence-electron chi connectivity index (χ4n) is 13.3. The number of likely N-dealkylation sites (N-methyl/N-ethyl adjacent to an activating group) is 2. The Hall–Kier alpha value is -6.86. The van der Waals surface area contributed by atoms with Crippen LogP contribution in [0.25, 0.3) is 21.5 Å². The topological polar surface area (TPSA) is 228 Å². The third kappa shape index (κ3) is 15.1. The van der Waals surface area contributed by atoms with Crippen LogP contribution in [0.5, 0.6) is 17.8 Å². The maximum atomic E-state index is 12.5. The maximum absolute atomic E-state index is 12.5. The molecule has 12 rings (SSSR count). The number of likely N-dealkylation sites (tertiary alicyclic amines) is 2. The maximum Gasteiger partial charge on any atom is 1.00 e. The number of hydrogen-bond acceptors (Lipinski definition) is 18. The number of fused-ring (bicyclic) bond motifs is 4. The van der Waals surface area contributed by atoms with Crippen molar-refractivity contribution in [2.45, 2.75) is 95.5 Å². The second-order valence-electron chi connectivity index (χ2n) is 23.1. The molecule has 8 heterocycles. The first-order chi connectivity index (χ1) is 40.9. The number of phenolic OH excluding ortho intramolecular Hbond substituents is 1. The Morgan fingerprint density at radius 1 is 0.614 bits per heavy atom. The molecular weight excluding hydrogens is 1160 g/mol. The number of hydrogen-bond donors (Lipinski definition) is 1. The zero-order valence-corrected chi connectivity index (χ0v) is 55.2. The van der Waals surface area contributed by atoms with Gasteiger partial charge >= 0.3 is 41.6 Å². The molecular formula is C65H81N14NaO6S2. The van der Waals surface area contributed by atoms with E-state index in [2.05, 4.69) is 118 Å². The van der Waals surface area contributed by atoms with E-state index >= 15 is 0 Å². The van der Waals surface area contributed by atoms with Crippen molar-refractivity contribution in [3.05, 3.63) is 126 Å². The molecule has 0 radical (unpaired) electrons. The van der Waals surface area contributed by atoms with E-state index in [-0.39, 0.29) is 105 Å². The molecule has 2 aromatic heterocycles. The van der Waals surface area contributed by atoms with Crippen LogP contribution in [0.3, 0.4) is 0 Å². The molecule has 0 aliphatic carbocycles. The molecule has 23 heteroatoms. The molecule has 4 fully saturated rings. The van der Waals surface area contributed by atoms with Gasteiger partial charge in [-0.25, -0.2) is 0 Å². The zero-order chi connectivity index (χ0) is 58.4. The first-order valence-corrected chi connectivity index (χ1v) is 29.7. The van der Waals surface area contributed by atoms with Crippen molar-refractivity contribution >= 4 is 83.4 Å². The van der Waals surface area contributed by atoms with Gasteiger partial charge in [0.15, 0.2) is 0 Å². The van der Waals surface area contributed by atoms with Crippen LogP contribution in [0.4, 0.5) is 23.0 Å². The number of aromatic nitrogens is 4. The second-order valence-corrected chi connectivity index (χ2v) is 23.1. The van der Waals surface area contributed by atoms with Crippen LogP contribution in [0, 0.1) is 29.6 Å². The van der Waals surface area contributed by atoms with Gasteiger partial charge in [0.25, 0.3) is 0 Å². The third-order valence-corrected chi connectivity index (χ3v) is 17.8. The largest absolute Gasteiger partial charge is 1.00 e. The molecule has 0 spiro atoms. The Morgan fingerprint density at radius 2 is 1.06 bits per heavy atom. The normalized spacial score (nSPS) is 19.9. The van der Waals surface area contributed by atoms with Gasteiger partial charge in [0.2, 0.25) is 11.8 Å². The van der Waals surface area contributed by atoms with Crippen molar-refractivity contribution in [3.8, 4) is 29.9 Å². The van der Waals surface area contributed by atoms with Crippen molar-refractivity contribution in [1.29, 1.82) is 10.5 Å². The Kier molecular flexibility index (Phi) is 24.2. The van der Waals surface area contributed by atoms with Crippen LogP contribution in [0.2, 0.25) is 0 Å². The van der Waals surface area contributed by atoms with E-state index in [0.717, 1.165) is 109 Å². The number of rotatable bonds is 14. The Bertz CT molecular complexity index is 3320. The van der Waals surface area contributed by atoms with Crippen molar-refractivity contribution in [1.82, 2.24) is 39.5 Å². The van der Waals surface area contributed by atoms with Crippen LogP contribution in [0.1, 0.15) is 66.6 Å². The molecule has 6 aromatic rings. The van der Waals surface area contributed by atoms with Gasteiger partial charge in [-0.3, -0.25) is 9.59 Å². The first-order valence-electron chi connectivity index (χ1n) is 29.7. The quantitative estimate of drug-likeness (QED) is 0.116. The number of carbonyl (C=O) groups excluding carboxylic acids is 2. The number of aryl methyl sites for hydroxylation is 1. The number of ether oxygens (including phenoxy) is 2. The Balaban J connectivity index is 0.000000240. The zero-order valence-electron chi connectivity index (χ0n) is 51.2. The van der Waals surface area contributed by atoms with Crippen molar-refractivity contribution in [3.63, 3.8) is 0 Å². The molecule has 20 nitrogen and oxygen atoms in total. The predicted molar refractivity (Wildman–Crippen MR) is 349 cm³/mol. The molecule has 6 aliphatic rings. The van der Waals surface area contributed by atoms with E-state index in [9.17, 15) is 25.2 Å². The van der Waals surface area contributed by atoms with E-state index in [1.54, 1.807) is 15.9 Å². The third-order valence-electron chi connectivity index (χ3n) is 17.8. The Morgan fingerprint density at radius 3 is 1.49 bits per heavy atom. The molecule has 2 unspecified atom stereocenters. The molecule has 88 heavy (non-hydrogen) atoms. The van der Waals surface area contributed by atoms with Gasteiger partial charge in [-0.2, -0.15) is 57.5 Å². The number of benzene rings is 4. The van der Waals surface area contributed by atoms with Crippen LogP contribution in [-0.2, 0) is 35.5 Å². The molecule has 2 amide bonds. The number of amides is 2. The summed E-state index contributed by atoms with van der Waals surface area (Å²) in [5.74, 6) is 1.64. The number of piperazine rings is 2. The molecule has 460 valence electrons. The molecule has 0 saturated carbocycles. The SMILES string of the molecule is C=CC(=O)N1CCN(c2nc(OC[C@@H]3CCCN3C)nc3c2CCN(c2cc(C)cc4ccccc24)C3)CC1CC#N.C=CC(=O)N1CCN(c2nc(OC[C@@H]3CCCN3C)nc3c2CCN(c2cc(O)cc4ccccc24)C3)CC1CC#N.S.S.[Na+].[OH-]. The number of aromatic hydroxyl groups is 1. The molecule has 4 aromatic carbocycles. The summed E-state index contributed by atoms with van der Waals surface area (Å²) in [6, 6.07) is 30.2. The van der Waals surface area contributed by atoms with Crippen LogP contribution in [-0.4, -0.2) is 179 Å². The molecule has 2 N–H and O–H groups in total. The summed E-state index contributed by atoms with van der Waals surface area (Å²) in [5, 5.41) is 34.1. The number of carbonyl (C=O) groups is 2. The summed E-state index contributed by atoms with van der Waals surface area (Å²) < 4.78 is 12.6. The second kappa shape index (κ2) is 31.1. The summed E-state index contributed by atoms with van der Waals surface area (Å²) >= 11 is 0. The number of nitrogens with zero attached hydrogens (tertiary/aromatic N) is 14. The van der Waals surface area contributed by atoms with Crippen LogP contribution in [0.15, 0.2) is 98.1 Å². The van der Waals surface area contributed by atoms with Crippen molar-refractivity contribution < 1.29 is 59.2 Å². The van der Waals surface area contributed by atoms with Gasteiger partial charge in [0.1, 0.15) is 30.6 Å². The van der Waals surface area contributed by atoms with Gasteiger partial charge in [0, 0.05) is 104 Å². The van der Waals surface area contributed by atoms with Gasteiger partial charge in [-0.1, -0.05) is 67.8 Å². The minimum atomic E-state index is -0.255. The molecule has 4 atom stereocenters. The standard InChI is InChI=1S/C33H39N7O2.C32H37N7O3.Na.H2O.2H2S/c1-4-31(41)40-17-16-39(20-25(40)11-13-34)32-28-12-15-38(30-19-23(2)18-24-8-5-6-10-27(24)30)21-29(28)35-33(36-32)42-22-26-9-7-14-37(26)3;1-3-30(41)39-16-15-38(19-23(39)10-12-33)31-27-11-14-37(29-18-25(40)17-22-7-4-5-9-26(22)29)20-28(27)34-32(35-31)42-21-24-8-6-13-36(24)2;;;;/h4-6,8,10,18-19,25-26H,1,7,9,11-12,14-17,20-22H2,2-3H3;3-5,7,9,17-18,23-24,40H,1,6,8,10-11,13-16,19-21H2,2H3;;3*1H2/q;;+1;;;/p-1/t25?,26-;23?,24-;;;;/m00..../s1. The van der Waals surface area contributed by atoms with Gasteiger partial charge in [-0.05, 0) is 113 Å². The van der Waals surface area contributed by atoms with Crippen LogP contribution < -0.4 is 58.6 Å². The molecule has 4 saturated heterocycles. The smallest absolute Gasteiger partial charge is 0.870 e. The number of anilines is 4. The number of nitriles is 2. The van der Waals surface area contributed by atoms with Crippen molar-refractivity contribution in [2.75, 3.05) is 112 Å².